The van der Waals surface area contributed by atoms with E-state index in [4.69, 9.17) is 4.74 Å². The maximum atomic E-state index is 13.3. The van der Waals surface area contributed by atoms with Crippen molar-refractivity contribution >= 4 is 27.3 Å². The Morgan fingerprint density at radius 2 is 1.54 bits per heavy atom. The van der Waals surface area contributed by atoms with Crippen molar-refractivity contribution in [2.75, 3.05) is 48.5 Å². The van der Waals surface area contributed by atoms with Gasteiger partial charge in [0.1, 0.15) is 5.75 Å². The molecule has 0 N–H and O–H groups in total. The van der Waals surface area contributed by atoms with Crippen molar-refractivity contribution in [3.05, 3.63) is 83.4 Å². The molecule has 0 unspecified atom stereocenters. The van der Waals surface area contributed by atoms with E-state index in [9.17, 15) is 13.2 Å². The summed E-state index contributed by atoms with van der Waals surface area (Å²) in [6, 6.07) is 20.3. The minimum Gasteiger partial charge on any atom is -0.484 e. The predicted molar refractivity (Wildman–Crippen MR) is 146 cm³/mol. The molecule has 2 aliphatic rings. The van der Waals surface area contributed by atoms with Gasteiger partial charge in [0.25, 0.3) is 15.9 Å². The molecule has 37 heavy (non-hydrogen) atoms. The molecule has 1 fully saturated rings. The number of fused-ring (bicyclic) bond motifs is 1. The van der Waals surface area contributed by atoms with Gasteiger partial charge in [0.05, 0.1) is 10.6 Å². The van der Waals surface area contributed by atoms with Crippen molar-refractivity contribution in [3.8, 4) is 5.75 Å². The lowest BCUT2D eigenvalue weighted by Gasteiger charge is -2.37. The van der Waals surface area contributed by atoms with Crippen LogP contribution in [0.1, 0.15) is 23.1 Å². The van der Waals surface area contributed by atoms with Gasteiger partial charge < -0.3 is 14.5 Å². The largest absolute Gasteiger partial charge is 0.484 e. The summed E-state index contributed by atoms with van der Waals surface area (Å²) in [6.07, 6.45) is 1.67. The van der Waals surface area contributed by atoms with E-state index in [2.05, 4.69) is 36.9 Å². The first-order chi connectivity index (χ1) is 17.8. The first-order valence-electron chi connectivity index (χ1n) is 12.8. The second-order valence-electron chi connectivity index (χ2n) is 9.66. The van der Waals surface area contributed by atoms with Crippen LogP contribution in [0.15, 0.2) is 71.6 Å². The summed E-state index contributed by atoms with van der Waals surface area (Å²) in [6.45, 7) is 7.49. The molecule has 0 aromatic heterocycles. The number of benzene rings is 3. The SMILES string of the molecule is Cc1cccc(N2CCN(C(=O)COc3ccc(S(=O)(=O)N4CCCc5ccccc54)cc3)CC2)c1C. The van der Waals surface area contributed by atoms with E-state index in [0.29, 0.717) is 25.4 Å². The fourth-order valence-corrected chi connectivity index (χ4v) is 6.64. The second kappa shape index (κ2) is 10.5. The van der Waals surface area contributed by atoms with E-state index in [1.807, 2.05) is 29.2 Å². The predicted octanol–water partition coefficient (Wildman–Crippen LogP) is 4.17. The van der Waals surface area contributed by atoms with E-state index in [0.717, 1.165) is 37.2 Å². The Morgan fingerprint density at radius 3 is 2.30 bits per heavy atom. The second-order valence-corrected chi connectivity index (χ2v) is 11.5. The highest BCUT2D eigenvalue weighted by atomic mass is 32.2. The van der Waals surface area contributed by atoms with E-state index < -0.39 is 10.0 Å². The number of carbonyl (C=O) groups excluding carboxylic acids is 1. The minimum absolute atomic E-state index is 0.0674. The highest BCUT2D eigenvalue weighted by Gasteiger charge is 2.29. The number of aryl methyl sites for hydroxylation is 2. The molecular weight excluding hydrogens is 486 g/mol. The molecule has 5 rings (SSSR count). The number of carbonyl (C=O) groups is 1. The highest BCUT2D eigenvalue weighted by Crippen LogP contribution is 2.32. The molecule has 1 amide bonds. The molecule has 0 aliphatic carbocycles. The van der Waals surface area contributed by atoms with Crippen LogP contribution in [0.2, 0.25) is 0 Å². The number of hydrogen-bond acceptors (Lipinski definition) is 5. The topological polar surface area (TPSA) is 70.2 Å². The maximum Gasteiger partial charge on any atom is 0.264 e. The third-order valence-electron chi connectivity index (χ3n) is 7.39. The average molecular weight is 520 g/mol. The number of piperazine rings is 1. The van der Waals surface area contributed by atoms with Gasteiger partial charge in [-0.15, -0.1) is 0 Å². The fraction of sp³-hybridized carbons (Fsp3) is 0.345. The van der Waals surface area contributed by atoms with Crippen LogP contribution < -0.4 is 13.9 Å². The van der Waals surface area contributed by atoms with Crippen molar-refractivity contribution < 1.29 is 17.9 Å². The molecule has 1 saturated heterocycles. The van der Waals surface area contributed by atoms with Gasteiger partial charge in [-0.25, -0.2) is 8.42 Å². The van der Waals surface area contributed by atoms with Crippen molar-refractivity contribution in [3.63, 3.8) is 0 Å². The van der Waals surface area contributed by atoms with Crippen molar-refractivity contribution in [1.29, 1.82) is 0 Å². The Labute approximate surface area is 219 Å². The lowest BCUT2D eigenvalue weighted by molar-refractivity contribution is -0.133. The van der Waals surface area contributed by atoms with E-state index in [-0.39, 0.29) is 17.4 Å². The molecule has 0 saturated carbocycles. The van der Waals surface area contributed by atoms with Crippen LogP contribution in [0.3, 0.4) is 0 Å². The molecule has 194 valence electrons. The summed E-state index contributed by atoms with van der Waals surface area (Å²) in [5.41, 5.74) is 5.57. The first kappa shape index (κ1) is 25.1. The molecular formula is C29H33N3O4S. The molecule has 2 heterocycles. The molecule has 0 atom stereocenters. The van der Waals surface area contributed by atoms with E-state index in [1.54, 1.807) is 24.3 Å². The van der Waals surface area contributed by atoms with Gasteiger partial charge in [-0.2, -0.15) is 0 Å². The number of rotatable bonds is 6. The Kier molecular flexibility index (Phi) is 7.11. The van der Waals surface area contributed by atoms with Crippen LogP contribution in [0.4, 0.5) is 11.4 Å². The lowest BCUT2D eigenvalue weighted by Crippen LogP contribution is -2.50. The zero-order chi connectivity index (χ0) is 26.0. The molecule has 8 heteroatoms. The summed E-state index contributed by atoms with van der Waals surface area (Å²) in [5.74, 6) is 0.405. The standard InChI is InChI=1S/C29H33N3O4S/c1-22-7-5-11-27(23(22)2)30-17-19-31(20-18-30)29(33)21-36-25-12-14-26(15-13-25)37(34,35)32-16-6-9-24-8-3-4-10-28(24)32/h3-5,7-8,10-15H,6,9,16-21H2,1-2H3. The summed E-state index contributed by atoms with van der Waals surface area (Å²) in [7, 11) is -3.68. The Morgan fingerprint density at radius 1 is 0.838 bits per heavy atom. The van der Waals surface area contributed by atoms with Gasteiger partial charge in [0.15, 0.2) is 6.61 Å². The number of amides is 1. The molecule has 7 nitrogen and oxygen atoms in total. The first-order valence-corrected chi connectivity index (χ1v) is 14.2. The minimum atomic E-state index is -3.68. The highest BCUT2D eigenvalue weighted by molar-refractivity contribution is 7.92. The maximum absolute atomic E-state index is 13.3. The molecule has 2 aliphatic heterocycles. The van der Waals surface area contributed by atoms with Gasteiger partial charge >= 0.3 is 0 Å². The Bertz CT molecular complexity index is 1380. The number of para-hydroxylation sites is 1. The Hall–Kier alpha value is -3.52. The molecule has 3 aromatic carbocycles. The van der Waals surface area contributed by atoms with Gasteiger partial charge in [0.2, 0.25) is 0 Å². The van der Waals surface area contributed by atoms with Crippen LogP contribution in [0.25, 0.3) is 0 Å². The average Bonchev–Trinajstić information content (AvgIpc) is 2.93. The van der Waals surface area contributed by atoms with Crippen molar-refractivity contribution in [2.45, 2.75) is 31.6 Å². The number of nitrogens with zero attached hydrogens (tertiary/aromatic N) is 3. The van der Waals surface area contributed by atoms with Crippen LogP contribution in [0.5, 0.6) is 5.75 Å². The van der Waals surface area contributed by atoms with Crippen LogP contribution in [-0.4, -0.2) is 58.6 Å². The third-order valence-corrected chi connectivity index (χ3v) is 9.22. The number of anilines is 2. The van der Waals surface area contributed by atoms with Crippen molar-refractivity contribution in [1.82, 2.24) is 4.90 Å². The van der Waals surface area contributed by atoms with Crippen LogP contribution in [-0.2, 0) is 21.2 Å². The molecule has 0 radical (unpaired) electrons. The van der Waals surface area contributed by atoms with Crippen LogP contribution in [0, 0.1) is 13.8 Å². The normalized spacial score (nSPS) is 15.9. The third kappa shape index (κ3) is 5.16. The lowest BCUT2D eigenvalue weighted by atomic mass is 10.0. The summed E-state index contributed by atoms with van der Waals surface area (Å²) >= 11 is 0. The summed E-state index contributed by atoms with van der Waals surface area (Å²) in [5, 5.41) is 0. The number of sulfonamides is 1. The van der Waals surface area contributed by atoms with Crippen molar-refractivity contribution in [2.24, 2.45) is 0 Å². The van der Waals surface area contributed by atoms with E-state index >= 15 is 0 Å². The molecule has 0 bridgehead atoms. The van der Waals surface area contributed by atoms with E-state index in [1.165, 1.54) is 21.1 Å². The van der Waals surface area contributed by atoms with Crippen LogP contribution >= 0.6 is 0 Å². The van der Waals surface area contributed by atoms with Gasteiger partial charge in [-0.3, -0.25) is 9.10 Å². The molecule has 0 spiro atoms. The molecule has 3 aromatic rings. The fourth-order valence-electron chi connectivity index (χ4n) is 5.10. The zero-order valence-electron chi connectivity index (χ0n) is 21.4. The van der Waals surface area contributed by atoms with Gasteiger partial charge in [-0.05, 0) is 79.8 Å². The summed E-state index contributed by atoms with van der Waals surface area (Å²) in [4.78, 5) is 17.1. The monoisotopic (exact) mass is 519 g/mol. The number of hydrogen-bond donors (Lipinski definition) is 0. The zero-order valence-corrected chi connectivity index (χ0v) is 22.2. The van der Waals surface area contributed by atoms with Gasteiger partial charge in [-0.1, -0.05) is 30.3 Å². The smallest absolute Gasteiger partial charge is 0.264 e. The van der Waals surface area contributed by atoms with Gasteiger partial charge in [0, 0.05) is 38.4 Å². The number of ether oxygens (including phenoxy) is 1. The quantitative estimate of drug-likeness (QED) is 0.489. The summed E-state index contributed by atoms with van der Waals surface area (Å²) < 4.78 is 33.9. The Balaban J connectivity index is 1.17.